The fraction of sp³-hybridized carbons (Fsp3) is 0.421. The highest BCUT2D eigenvalue weighted by molar-refractivity contribution is 5.92. The van der Waals surface area contributed by atoms with Crippen molar-refractivity contribution in [3.63, 3.8) is 0 Å². The Labute approximate surface area is 152 Å². The van der Waals surface area contributed by atoms with Crippen LogP contribution in [-0.2, 0) is 13.0 Å². The molecule has 0 saturated heterocycles. The van der Waals surface area contributed by atoms with E-state index in [1.54, 1.807) is 20.3 Å². The van der Waals surface area contributed by atoms with E-state index < -0.39 is 0 Å². The zero-order valence-electron chi connectivity index (χ0n) is 15.0. The fourth-order valence-corrected chi connectivity index (χ4v) is 3.18. The van der Waals surface area contributed by atoms with Crippen LogP contribution in [0.4, 0.5) is 5.82 Å². The van der Waals surface area contributed by atoms with Crippen molar-refractivity contribution in [2.45, 2.75) is 31.8 Å². The number of anilines is 1. The van der Waals surface area contributed by atoms with Crippen molar-refractivity contribution in [3.05, 3.63) is 41.1 Å². The summed E-state index contributed by atoms with van der Waals surface area (Å²) in [5.41, 5.74) is 2.81. The number of ether oxygens (including phenoxy) is 2. The molecule has 1 aliphatic carbocycles. The van der Waals surface area contributed by atoms with Gasteiger partial charge in [0.05, 0.1) is 14.2 Å². The lowest BCUT2D eigenvalue weighted by molar-refractivity contribution is 0.0945. The lowest BCUT2D eigenvalue weighted by Gasteiger charge is -2.30. The van der Waals surface area contributed by atoms with Crippen molar-refractivity contribution in [1.29, 1.82) is 0 Å². The molecule has 26 heavy (non-hydrogen) atoms. The zero-order valence-corrected chi connectivity index (χ0v) is 15.0. The van der Waals surface area contributed by atoms with Gasteiger partial charge in [-0.05, 0) is 54.7 Å². The molecule has 1 aromatic carbocycles. The van der Waals surface area contributed by atoms with E-state index in [2.05, 4.69) is 20.4 Å². The van der Waals surface area contributed by atoms with Gasteiger partial charge in [0.25, 0.3) is 5.91 Å². The third-order valence-electron chi connectivity index (χ3n) is 4.84. The molecule has 1 amide bonds. The summed E-state index contributed by atoms with van der Waals surface area (Å²) in [5, 5.41) is 11.3. The Morgan fingerprint density at radius 3 is 2.46 bits per heavy atom. The van der Waals surface area contributed by atoms with Crippen LogP contribution in [-0.4, -0.2) is 42.9 Å². The predicted octanol–water partition coefficient (Wildman–Crippen LogP) is 1.95. The zero-order chi connectivity index (χ0) is 18.1. The summed E-state index contributed by atoms with van der Waals surface area (Å²) in [5.74, 6) is 2.11. The minimum Gasteiger partial charge on any atom is -0.493 e. The van der Waals surface area contributed by atoms with E-state index in [-0.39, 0.29) is 5.91 Å². The summed E-state index contributed by atoms with van der Waals surface area (Å²) in [6.45, 7) is 1.56. The van der Waals surface area contributed by atoms with E-state index in [0.29, 0.717) is 11.7 Å². The van der Waals surface area contributed by atoms with Crippen LogP contribution >= 0.6 is 0 Å². The fourth-order valence-electron chi connectivity index (χ4n) is 3.18. The maximum Gasteiger partial charge on any atom is 0.272 e. The van der Waals surface area contributed by atoms with Crippen LogP contribution < -0.4 is 19.7 Å². The molecule has 0 atom stereocenters. The van der Waals surface area contributed by atoms with E-state index in [0.717, 1.165) is 49.7 Å². The molecule has 4 rings (SSSR count). The molecule has 1 aromatic heterocycles. The molecule has 2 heterocycles. The molecule has 0 radical (unpaired) electrons. The molecule has 1 saturated carbocycles. The van der Waals surface area contributed by atoms with Gasteiger partial charge in [0, 0.05) is 19.1 Å². The number of amides is 1. The van der Waals surface area contributed by atoms with E-state index in [1.807, 2.05) is 18.2 Å². The first-order valence-electron chi connectivity index (χ1n) is 8.81. The van der Waals surface area contributed by atoms with Crippen molar-refractivity contribution in [2.24, 2.45) is 0 Å². The van der Waals surface area contributed by atoms with Crippen LogP contribution in [0.2, 0.25) is 0 Å². The Kier molecular flexibility index (Phi) is 4.36. The summed E-state index contributed by atoms with van der Waals surface area (Å²) in [4.78, 5) is 14.2. The summed E-state index contributed by atoms with van der Waals surface area (Å²) in [6.07, 6.45) is 3.00. The predicted molar refractivity (Wildman–Crippen MR) is 96.8 cm³/mol. The smallest absolute Gasteiger partial charge is 0.272 e. The van der Waals surface area contributed by atoms with Crippen LogP contribution in [0.5, 0.6) is 11.5 Å². The molecule has 0 unspecified atom stereocenters. The number of fused-ring (bicyclic) bond motifs is 1. The van der Waals surface area contributed by atoms with Gasteiger partial charge in [0.1, 0.15) is 0 Å². The van der Waals surface area contributed by atoms with Crippen LogP contribution in [0.3, 0.4) is 0 Å². The van der Waals surface area contributed by atoms with Gasteiger partial charge >= 0.3 is 0 Å². The first kappa shape index (κ1) is 16.6. The third-order valence-corrected chi connectivity index (χ3v) is 4.84. The Morgan fingerprint density at radius 2 is 1.85 bits per heavy atom. The Bertz CT molecular complexity index is 818. The molecule has 136 valence electrons. The number of carbonyl (C=O) groups is 1. The first-order chi connectivity index (χ1) is 12.7. The standard InChI is InChI=1S/C19H22N4O3/c1-25-16-9-12-7-8-23(11-13(12)10-17(16)26-2)18-6-5-15(21-22-18)19(24)20-14-3-4-14/h5-6,9-10,14H,3-4,7-8,11H2,1-2H3,(H,20,24). The monoisotopic (exact) mass is 354 g/mol. The third kappa shape index (κ3) is 3.29. The van der Waals surface area contributed by atoms with Crippen LogP contribution in [0.1, 0.15) is 34.5 Å². The van der Waals surface area contributed by atoms with E-state index >= 15 is 0 Å². The highest BCUT2D eigenvalue weighted by Gasteiger charge is 2.25. The Morgan fingerprint density at radius 1 is 1.12 bits per heavy atom. The van der Waals surface area contributed by atoms with Gasteiger partial charge in [-0.1, -0.05) is 0 Å². The van der Waals surface area contributed by atoms with Crippen molar-refractivity contribution in [3.8, 4) is 11.5 Å². The summed E-state index contributed by atoms with van der Waals surface area (Å²) < 4.78 is 10.8. The Balaban J connectivity index is 1.50. The molecule has 0 bridgehead atoms. The number of hydrogen-bond donors (Lipinski definition) is 1. The molecular formula is C19H22N4O3. The second-order valence-electron chi connectivity index (χ2n) is 6.67. The van der Waals surface area contributed by atoms with Gasteiger partial charge in [-0.25, -0.2) is 0 Å². The van der Waals surface area contributed by atoms with Crippen molar-refractivity contribution < 1.29 is 14.3 Å². The van der Waals surface area contributed by atoms with E-state index in [1.165, 1.54) is 11.1 Å². The molecule has 1 fully saturated rings. The normalized spacial score (nSPS) is 16.0. The van der Waals surface area contributed by atoms with Gasteiger partial charge in [0.2, 0.25) is 0 Å². The number of nitrogens with one attached hydrogen (secondary N) is 1. The maximum atomic E-state index is 12.0. The van der Waals surface area contributed by atoms with E-state index in [4.69, 9.17) is 9.47 Å². The molecule has 1 N–H and O–H groups in total. The number of methoxy groups -OCH3 is 2. The van der Waals surface area contributed by atoms with Crippen LogP contribution in [0.15, 0.2) is 24.3 Å². The van der Waals surface area contributed by atoms with E-state index in [9.17, 15) is 4.79 Å². The number of aromatic nitrogens is 2. The highest BCUT2D eigenvalue weighted by atomic mass is 16.5. The number of benzene rings is 1. The second-order valence-corrected chi connectivity index (χ2v) is 6.67. The van der Waals surface area contributed by atoms with Gasteiger partial charge in [-0.15, -0.1) is 10.2 Å². The van der Waals surface area contributed by atoms with Gasteiger partial charge < -0.3 is 19.7 Å². The van der Waals surface area contributed by atoms with Gasteiger partial charge in [0.15, 0.2) is 23.0 Å². The molecule has 1 aliphatic heterocycles. The lowest BCUT2D eigenvalue weighted by Crippen LogP contribution is -2.32. The summed E-state index contributed by atoms with van der Waals surface area (Å²) in [6, 6.07) is 7.98. The van der Waals surface area contributed by atoms with Crippen molar-refractivity contribution in [1.82, 2.24) is 15.5 Å². The molecule has 0 spiro atoms. The van der Waals surface area contributed by atoms with Gasteiger partial charge in [-0.3, -0.25) is 4.79 Å². The topological polar surface area (TPSA) is 76.6 Å². The SMILES string of the molecule is COc1cc2c(cc1OC)CN(c1ccc(C(=O)NC3CC3)nn1)CC2. The molecule has 7 nitrogen and oxygen atoms in total. The molecule has 2 aromatic rings. The highest BCUT2D eigenvalue weighted by Crippen LogP contribution is 2.34. The molecule has 7 heteroatoms. The number of nitrogens with zero attached hydrogens (tertiary/aromatic N) is 3. The van der Waals surface area contributed by atoms with Crippen molar-refractivity contribution >= 4 is 11.7 Å². The maximum absolute atomic E-state index is 12.0. The first-order valence-corrected chi connectivity index (χ1v) is 8.81. The van der Waals surface area contributed by atoms with Crippen LogP contribution in [0, 0.1) is 0 Å². The number of carbonyl (C=O) groups excluding carboxylic acids is 1. The summed E-state index contributed by atoms with van der Waals surface area (Å²) in [7, 11) is 3.29. The number of rotatable bonds is 5. The lowest BCUT2D eigenvalue weighted by atomic mass is 9.99. The average molecular weight is 354 g/mol. The Hall–Kier alpha value is -2.83. The second kappa shape index (κ2) is 6.82. The summed E-state index contributed by atoms with van der Waals surface area (Å²) >= 11 is 0. The van der Waals surface area contributed by atoms with Gasteiger partial charge in [-0.2, -0.15) is 0 Å². The largest absolute Gasteiger partial charge is 0.493 e. The quantitative estimate of drug-likeness (QED) is 0.884. The van der Waals surface area contributed by atoms with Crippen molar-refractivity contribution in [2.75, 3.05) is 25.7 Å². The average Bonchev–Trinajstić information content (AvgIpc) is 3.50. The molecule has 2 aliphatic rings. The minimum absolute atomic E-state index is 0.146. The number of hydrogen-bond acceptors (Lipinski definition) is 6. The van der Waals surface area contributed by atoms with Crippen LogP contribution in [0.25, 0.3) is 0 Å². The minimum atomic E-state index is -0.146. The molecular weight excluding hydrogens is 332 g/mol.